The van der Waals surface area contributed by atoms with Gasteiger partial charge in [0, 0.05) is 17.9 Å². The van der Waals surface area contributed by atoms with Crippen molar-refractivity contribution in [3.05, 3.63) is 0 Å². The average Bonchev–Trinajstić information content (AvgIpc) is 2.77. The van der Waals surface area contributed by atoms with Crippen molar-refractivity contribution in [2.75, 3.05) is 18.4 Å². The van der Waals surface area contributed by atoms with Crippen LogP contribution in [0.4, 0.5) is 0 Å². The van der Waals surface area contributed by atoms with E-state index < -0.39 is 0 Å². The van der Waals surface area contributed by atoms with Crippen molar-refractivity contribution >= 4 is 15.9 Å². The highest BCUT2D eigenvalue weighted by Gasteiger charge is 2.34. The van der Waals surface area contributed by atoms with Crippen LogP contribution in [0.3, 0.4) is 0 Å². The van der Waals surface area contributed by atoms with Gasteiger partial charge in [-0.3, -0.25) is 0 Å². The van der Waals surface area contributed by atoms with Crippen LogP contribution >= 0.6 is 15.9 Å². The predicted molar refractivity (Wildman–Crippen MR) is 80.9 cm³/mol. The van der Waals surface area contributed by atoms with Crippen LogP contribution in [0.5, 0.6) is 0 Å². The van der Waals surface area contributed by atoms with Crippen LogP contribution in [-0.4, -0.2) is 29.4 Å². The molecule has 0 aromatic rings. The molecule has 17 heavy (non-hydrogen) atoms. The highest BCUT2D eigenvalue weighted by atomic mass is 79.9. The summed E-state index contributed by atoms with van der Waals surface area (Å²) in [4.78, 5) is 2.71. The number of rotatable bonds is 8. The molecule has 1 saturated carbocycles. The van der Waals surface area contributed by atoms with E-state index in [2.05, 4.69) is 41.6 Å². The zero-order valence-electron chi connectivity index (χ0n) is 12.0. The van der Waals surface area contributed by atoms with Crippen molar-refractivity contribution in [3.63, 3.8) is 0 Å². The van der Waals surface area contributed by atoms with E-state index in [1.165, 1.54) is 63.4 Å². The molecule has 0 N–H and O–H groups in total. The second kappa shape index (κ2) is 7.78. The van der Waals surface area contributed by atoms with Crippen molar-refractivity contribution in [2.45, 2.75) is 71.8 Å². The summed E-state index contributed by atoms with van der Waals surface area (Å²) in [6.07, 6.45) is 9.80. The number of hydrogen-bond acceptors (Lipinski definition) is 1. The zero-order valence-corrected chi connectivity index (χ0v) is 13.6. The normalized spacial score (nSPS) is 19.4. The number of hydrogen-bond donors (Lipinski definition) is 0. The van der Waals surface area contributed by atoms with Crippen molar-refractivity contribution in [2.24, 2.45) is 5.41 Å². The van der Waals surface area contributed by atoms with E-state index in [1.807, 2.05) is 0 Å². The molecule has 2 heteroatoms. The van der Waals surface area contributed by atoms with Crippen molar-refractivity contribution in [1.82, 2.24) is 4.90 Å². The van der Waals surface area contributed by atoms with Gasteiger partial charge in [-0.15, -0.1) is 0 Å². The van der Waals surface area contributed by atoms with Crippen molar-refractivity contribution in [1.29, 1.82) is 0 Å². The number of halogens is 1. The Bertz CT molecular complexity index is 197. The van der Waals surface area contributed by atoms with E-state index in [1.54, 1.807) is 0 Å². The highest BCUT2D eigenvalue weighted by Crippen LogP contribution is 2.40. The number of unbranched alkanes of at least 4 members (excludes halogenated alkanes) is 2. The van der Waals surface area contributed by atoms with Gasteiger partial charge in [0.25, 0.3) is 0 Å². The van der Waals surface area contributed by atoms with Gasteiger partial charge in [0.2, 0.25) is 0 Å². The van der Waals surface area contributed by atoms with E-state index in [0.29, 0.717) is 11.5 Å². The third kappa shape index (κ3) is 4.90. The van der Waals surface area contributed by atoms with Gasteiger partial charge in [0.05, 0.1) is 0 Å². The molecule has 0 aromatic carbocycles. The first kappa shape index (κ1) is 15.5. The summed E-state index contributed by atoms with van der Waals surface area (Å²) in [5, 5.41) is 1.19. The topological polar surface area (TPSA) is 3.24 Å². The maximum Gasteiger partial charge on any atom is 0.0100 e. The third-order valence-corrected chi connectivity index (χ3v) is 5.45. The van der Waals surface area contributed by atoms with Crippen LogP contribution in [0.15, 0.2) is 0 Å². The first-order valence-electron chi connectivity index (χ1n) is 7.43. The molecule has 0 aliphatic heterocycles. The minimum atomic E-state index is 0.580. The van der Waals surface area contributed by atoms with E-state index >= 15 is 0 Å². The maximum absolute atomic E-state index is 3.77. The average molecular weight is 304 g/mol. The fraction of sp³-hybridized carbons (Fsp3) is 1.00. The molecule has 0 spiro atoms. The fourth-order valence-electron chi connectivity index (χ4n) is 2.97. The smallest absolute Gasteiger partial charge is 0.0100 e. The molecule has 0 saturated heterocycles. The summed E-state index contributed by atoms with van der Waals surface area (Å²) in [5.41, 5.74) is 0.580. The van der Waals surface area contributed by atoms with Crippen LogP contribution in [0.25, 0.3) is 0 Å². The molecule has 1 aliphatic rings. The molecule has 1 fully saturated rings. The lowest BCUT2D eigenvalue weighted by atomic mass is 9.87. The molecule has 0 unspecified atom stereocenters. The summed E-state index contributed by atoms with van der Waals surface area (Å²) in [6.45, 7) is 9.59. The SMILES string of the molecule is CCCCCN(CC1(CBr)CCCC1)C(C)C. The predicted octanol–water partition coefficient (Wildman–Crippen LogP) is 4.84. The van der Waals surface area contributed by atoms with E-state index in [-0.39, 0.29) is 0 Å². The standard InChI is InChI=1S/C15H30BrN/c1-4-5-8-11-17(14(2)3)13-15(12-16)9-6-7-10-15/h14H,4-13H2,1-3H3. The lowest BCUT2D eigenvalue weighted by molar-refractivity contribution is 0.137. The fourth-order valence-corrected chi connectivity index (χ4v) is 3.71. The molecule has 0 heterocycles. The van der Waals surface area contributed by atoms with Gasteiger partial charge in [0.1, 0.15) is 0 Å². The first-order valence-corrected chi connectivity index (χ1v) is 8.56. The van der Waals surface area contributed by atoms with Gasteiger partial charge in [0.15, 0.2) is 0 Å². The largest absolute Gasteiger partial charge is 0.300 e. The molecule has 102 valence electrons. The second-order valence-electron chi connectivity index (χ2n) is 6.11. The zero-order chi connectivity index (χ0) is 12.7. The molecule has 1 rings (SSSR count). The Labute approximate surface area is 116 Å². The number of nitrogens with zero attached hydrogens (tertiary/aromatic N) is 1. The van der Waals surface area contributed by atoms with Crippen molar-refractivity contribution in [3.8, 4) is 0 Å². The maximum atomic E-state index is 3.77. The van der Waals surface area contributed by atoms with Crippen LogP contribution in [0.1, 0.15) is 65.7 Å². The molecule has 0 radical (unpaired) electrons. The molecule has 0 aromatic heterocycles. The Kier molecular flexibility index (Phi) is 7.10. The molecule has 0 atom stereocenters. The van der Waals surface area contributed by atoms with Gasteiger partial charge in [-0.25, -0.2) is 0 Å². The summed E-state index contributed by atoms with van der Waals surface area (Å²) in [7, 11) is 0. The van der Waals surface area contributed by atoms with Gasteiger partial charge >= 0.3 is 0 Å². The van der Waals surface area contributed by atoms with Gasteiger partial charge in [-0.05, 0) is 45.1 Å². The molecular formula is C15H30BrN. The van der Waals surface area contributed by atoms with Crippen LogP contribution in [0.2, 0.25) is 0 Å². The monoisotopic (exact) mass is 303 g/mol. The van der Waals surface area contributed by atoms with Gasteiger partial charge in [-0.1, -0.05) is 48.5 Å². The third-order valence-electron chi connectivity index (χ3n) is 4.27. The highest BCUT2D eigenvalue weighted by molar-refractivity contribution is 9.09. The quantitative estimate of drug-likeness (QED) is 0.458. The first-order chi connectivity index (χ1) is 8.13. The van der Waals surface area contributed by atoms with Crippen LogP contribution in [0, 0.1) is 5.41 Å². The Morgan fingerprint density at radius 2 is 1.82 bits per heavy atom. The number of alkyl halides is 1. The summed E-state index contributed by atoms with van der Waals surface area (Å²) >= 11 is 3.77. The Balaban J connectivity index is 2.46. The minimum Gasteiger partial charge on any atom is -0.300 e. The second-order valence-corrected chi connectivity index (χ2v) is 6.67. The van der Waals surface area contributed by atoms with E-state index in [0.717, 1.165) is 0 Å². The Hall–Kier alpha value is 0.440. The summed E-state index contributed by atoms with van der Waals surface area (Å²) < 4.78 is 0. The molecule has 0 bridgehead atoms. The Morgan fingerprint density at radius 1 is 1.18 bits per heavy atom. The van der Waals surface area contributed by atoms with Gasteiger partial charge in [-0.2, -0.15) is 0 Å². The lowest BCUT2D eigenvalue weighted by Crippen LogP contribution is -2.41. The van der Waals surface area contributed by atoms with Crippen LogP contribution in [-0.2, 0) is 0 Å². The van der Waals surface area contributed by atoms with E-state index in [9.17, 15) is 0 Å². The lowest BCUT2D eigenvalue weighted by Gasteiger charge is -2.36. The molecule has 1 aliphatic carbocycles. The van der Waals surface area contributed by atoms with Gasteiger partial charge < -0.3 is 4.90 Å². The Morgan fingerprint density at radius 3 is 2.29 bits per heavy atom. The molecule has 1 nitrogen and oxygen atoms in total. The van der Waals surface area contributed by atoms with Crippen LogP contribution < -0.4 is 0 Å². The van der Waals surface area contributed by atoms with E-state index in [4.69, 9.17) is 0 Å². The summed E-state index contributed by atoms with van der Waals surface area (Å²) in [6, 6.07) is 0.698. The molecular weight excluding hydrogens is 274 g/mol. The summed E-state index contributed by atoms with van der Waals surface area (Å²) in [5.74, 6) is 0. The minimum absolute atomic E-state index is 0.580. The molecule has 0 amide bonds. The van der Waals surface area contributed by atoms with Crippen molar-refractivity contribution < 1.29 is 0 Å².